The molecule has 4 atom stereocenters. The Morgan fingerprint density at radius 2 is 1.45 bits per heavy atom. The minimum atomic E-state index is -1.27. The van der Waals surface area contributed by atoms with Crippen molar-refractivity contribution in [2.75, 3.05) is 12.3 Å². The maximum atomic E-state index is 13.1. The molecule has 0 fully saturated rings. The van der Waals surface area contributed by atoms with Crippen LogP contribution in [0.2, 0.25) is 0 Å². The molecule has 4 unspecified atom stereocenters. The Bertz CT molecular complexity index is 989. The lowest BCUT2D eigenvalue weighted by atomic mass is 10.0. The zero-order valence-electron chi connectivity index (χ0n) is 20.8. The van der Waals surface area contributed by atoms with Gasteiger partial charge < -0.3 is 44.0 Å². The number of amides is 4. The van der Waals surface area contributed by atoms with E-state index in [4.69, 9.17) is 22.9 Å². The molecule has 38 heavy (non-hydrogen) atoms. The van der Waals surface area contributed by atoms with E-state index in [0.29, 0.717) is 5.56 Å². The Morgan fingerprint density at radius 1 is 0.868 bits per heavy atom. The third kappa shape index (κ3) is 12.4. The predicted molar refractivity (Wildman–Crippen MR) is 144 cm³/mol. The smallest absolute Gasteiger partial charge is 0.326 e. The van der Waals surface area contributed by atoms with Gasteiger partial charge in [-0.1, -0.05) is 30.3 Å². The highest BCUT2D eigenvalue weighted by Gasteiger charge is 2.30. The standard InChI is InChI=1S/C23H36N8O6S/c24-14(8-9-18(25)32)19(33)31-17(12-38)21(35)30-16(11-13-5-2-1-3-6-13)20(34)29-15(22(36)37)7-4-10-28-23(26)27/h1-3,5-6,14-17,38H,4,7-12,24H2,(H2,25,32)(H,29,34)(H,30,35)(H,31,33)(H,36,37)(H4,26,27,28). The molecule has 15 heteroatoms. The first kappa shape index (κ1) is 32.2. The van der Waals surface area contributed by atoms with E-state index >= 15 is 0 Å². The second-order valence-corrected chi connectivity index (χ2v) is 8.82. The van der Waals surface area contributed by atoms with E-state index in [1.54, 1.807) is 30.3 Å². The Kier molecular flexibility index (Phi) is 14.2. The normalized spacial score (nSPS) is 13.7. The summed E-state index contributed by atoms with van der Waals surface area (Å²) in [5.41, 5.74) is 22.0. The van der Waals surface area contributed by atoms with Gasteiger partial charge >= 0.3 is 5.97 Å². The highest BCUT2D eigenvalue weighted by atomic mass is 32.1. The number of nitrogens with zero attached hydrogens (tertiary/aromatic N) is 1. The average Bonchev–Trinajstić information content (AvgIpc) is 2.86. The van der Waals surface area contributed by atoms with Gasteiger partial charge in [0.1, 0.15) is 18.1 Å². The molecule has 0 spiro atoms. The van der Waals surface area contributed by atoms with Crippen molar-refractivity contribution in [2.45, 2.75) is 56.3 Å². The van der Waals surface area contributed by atoms with Gasteiger partial charge in [0, 0.05) is 25.1 Å². The van der Waals surface area contributed by atoms with Gasteiger partial charge in [-0.25, -0.2) is 4.79 Å². The van der Waals surface area contributed by atoms with E-state index < -0.39 is 53.8 Å². The fourth-order valence-corrected chi connectivity index (χ4v) is 3.52. The van der Waals surface area contributed by atoms with E-state index in [9.17, 15) is 29.1 Å². The number of carbonyl (C=O) groups excluding carboxylic acids is 4. The van der Waals surface area contributed by atoms with Crippen molar-refractivity contribution < 1.29 is 29.1 Å². The van der Waals surface area contributed by atoms with Crippen LogP contribution in [0.15, 0.2) is 35.3 Å². The molecule has 14 nitrogen and oxygen atoms in total. The summed E-state index contributed by atoms with van der Waals surface area (Å²) >= 11 is 4.10. The second kappa shape index (κ2) is 16.8. The molecule has 0 bridgehead atoms. The van der Waals surface area contributed by atoms with Crippen LogP contribution >= 0.6 is 12.6 Å². The summed E-state index contributed by atoms with van der Waals surface area (Å²) in [5, 5.41) is 17.0. The largest absolute Gasteiger partial charge is 0.480 e. The van der Waals surface area contributed by atoms with Crippen LogP contribution in [0.5, 0.6) is 0 Å². The van der Waals surface area contributed by atoms with Gasteiger partial charge in [0.25, 0.3) is 0 Å². The minimum absolute atomic E-state index is 0.0130. The van der Waals surface area contributed by atoms with Crippen molar-refractivity contribution in [1.29, 1.82) is 0 Å². The van der Waals surface area contributed by atoms with Gasteiger partial charge in [0.05, 0.1) is 6.04 Å². The van der Waals surface area contributed by atoms with Crippen molar-refractivity contribution in [1.82, 2.24) is 16.0 Å². The molecule has 12 N–H and O–H groups in total. The van der Waals surface area contributed by atoms with Gasteiger partial charge in [-0.2, -0.15) is 12.6 Å². The molecule has 4 amide bonds. The first-order chi connectivity index (χ1) is 17.9. The zero-order chi connectivity index (χ0) is 28.7. The lowest BCUT2D eigenvalue weighted by Gasteiger charge is -2.24. The van der Waals surface area contributed by atoms with Crippen LogP contribution in [0.4, 0.5) is 0 Å². The zero-order valence-corrected chi connectivity index (χ0v) is 21.7. The Balaban J connectivity index is 2.96. The van der Waals surface area contributed by atoms with Crippen LogP contribution in [0, 0.1) is 0 Å². The van der Waals surface area contributed by atoms with Crippen LogP contribution in [0.25, 0.3) is 0 Å². The molecular weight excluding hydrogens is 516 g/mol. The third-order valence-electron chi connectivity index (χ3n) is 5.33. The van der Waals surface area contributed by atoms with Crippen LogP contribution < -0.4 is 38.9 Å². The Labute approximate surface area is 225 Å². The van der Waals surface area contributed by atoms with Crippen LogP contribution in [-0.4, -0.2) is 77.1 Å². The average molecular weight is 553 g/mol. The number of hydrogen-bond acceptors (Lipinski definition) is 8. The van der Waals surface area contributed by atoms with Crippen LogP contribution in [0.1, 0.15) is 31.2 Å². The number of rotatable bonds is 17. The number of guanidine groups is 1. The van der Waals surface area contributed by atoms with E-state index in [1.165, 1.54) is 0 Å². The first-order valence-corrected chi connectivity index (χ1v) is 12.5. The Hall–Kier alpha value is -3.85. The molecule has 0 aliphatic heterocycles. The lowest BCUT2D eigenvalue weighted by molar-refractivity contribution is -0.142. The van der Waals surface area contributed by atoms with E-state index in [-0.39, 0.29) is 50.4 Å². The number of benzene rings is 1. The van der Waals surface area contributed by atoms with E-state index in [1.807, 2.05) is 0 Å². The summed E-state index contributed by atoms with van der Waals surface area (Å²) in [6.45, 7) is 0.178. The number of aliphatic imine (C=N–C) groups is 1. The van der Waals surface area contributed by atoms with E-state index in [0.717, 1.165) is 0 Å². The summed E-state index contributed by atoms with van der Waals surface area (Å²) in [4.78, 5) is 64.9. The fourth-order valence-electron chi connectivity index (χ4n) is 3.27. The van der Waals surface area contributed by atoms with Crippen LogP contribution in [0.3, 0.4) is 0 Å². The van der Waals surface area contributed by atoms with Gasteiger partial charge in [-0.05, 0) is 24.8 Å². The predicted octanol–water partition coefficient (Wildman–Crippen LogP) is -2.66. The quantitative estimate of drug-likeness (QED) is 0.0422. The number of hydrogen-bond donors (Lipinski definition) is 9. The molecule has 0 aromatic heterocycles. The van der Waals surface area contributed by atoms with Gasteiger partial charge in [-0.3, -0.25) is 24.2 Å². The minimum Gasteiger partial charge on any atom is -0.480 e. The summed E-state index contributed by atoms with van der Waals surface area (Å²) in [6.07, 6.45) is 0.254. The third-order valence-corrected chi connectivity index (χ3v) is 5.69. The topological polar surface area (TPSA) is 258 Å². The Morgan fingerprint density at radius 3 is 2.00 bits per heavy atom. The number of carboxylic acid groups (broad SMARTS) is 1. The summed E-state index contributed by atoms with van der Waals surface area (Å²) in [5.74, 6) is -4.31. The van der Waals surface area contributed by atoms with Crippen molar-refractivity contribution in [3.05, 3.63) is 35.9 Å². The molecular formula is C23H36N8O6S. The summed E-state index contributed by atoms with van der Waals surface area (Å²) < 4.78 is 0. The molecule has 1 aromatic carbocycles. The number of primary amides is 1. The SMILES string of the molecule is NC(=O)CCC(N)C(=O)NC(CS)C(=O)NC(Cc1ccccc1)C(=O)NC(CCCN=C(N)N)C(=O)O. The number of carbonyl (C=O) groups is 5. The number of nitrogens with one attached hydrogen (secondary N) is 3. The highest BCUT2D eigenvalue weighted by Crippen LogP contribution is 2.07. The molecule has 0 aliphatic carbocycles. The molecule has 1 aromatic rings. The van der Waals surface area contributed by atoms with Crippen molar-refractivity contribution in [3.63, 3.8) is 0 Å². The molecule has 1 rings (SSSR count). The van der Waals surface area contributed by atoms with Gasteiger partial charge in [-0.15, -0.1) is 0 Å². The number of carboxylic acids is 1. The van der Waals surface area contributed by atoms with Gasteiger partial charge in [0.2, 0.25) is 23.6 Å². The molecule has 0 radical (unpaired) electrons. The maximum absolute atomic E-state index is 13.1. The van der Waals surface area contributed by atoms with Crippen molar-refractivity contribution in [2.24, 2.45) is 27.9 Å². The molecule has 0 aliphatic rings. The van der Waals surface area contributed by atoms with Gasteiger partial charge in [0.15, 0.2) is 5.96 Å². The molecule has 0 saturated heterocycles. The van der Waals surface area contributed by atoms with Crippen molar-refractivity contribution >= 4 is 48.2 Å². The molecule has 210 valence electrons. The number of nitrogens with two attached hydrogens (primary N) is 4. The van der Waals surface area contributed by atoms with E-state index in [2.05, 4.69) is 33.6 Å². The molecule has 0 saturated carbocycles. The summed E-state index contributed by atoms with van der Waals surface area (Å²) in [6, 6.07) is 4.09. The molecule has 0 heterocycles. The number of thiol groups is 1. The highest BCUT2D eigenvalue weighted by molar-refractivity contribution is 7.80. The maximum Gasteiger partial charge on any atom is 0.326 e. The lowest BCUT2D eigenvalue weighted by Crippen LogP contribution is -2.58. The second-order valence-electron chi connectivity index (χ2n) is 8.45. The van der Waals surface area contributed by atoms with Crippen LogP contribution in [-0.2, 0) is 30.4 Å². The fraction of sp³-hybridized carbons (Fsp3) is 0.478. The van der Waals surface area contributed by atoms with Crippen molar-refractivity contribution in [3.8, 4) is 0 Å². The first-order valence-electron chi connectivity index (χ1n) is 11.8. The number of aliphatic carboxylic acids is 1. The monoisotopic (exact) mass is 552 g/mol. The summed E-state index contributed by atoms with van der Waals surface area (Å²) in [7, 11) is 0.